The largest absolute Gasteiger partial charge is 0.444 e. The van der Waals surface area contributed by atoms with Gasteiger partial charge in [0.2, 0.25) is 0 Å². The standard InChI is InChI=1S/C13H26N2O3/c1-6-17-10-11-9-15(8-7-14(11)5)12(16)18-13(2,3)4/h11H,6-10H2,1-5H3/t11-/m1/s1. The summed E-state index contributed by atoms with van der Waals surface area (Å²) >= 11 is 0. The first-order valence-corrected chi connectivity index (χ1v) is 6.59. The van der Waals surface area contributed by atoms with Gasteiger partial charge in [0.05, 0.1) is 12.6 Å². The lowest BCUT2D eigenvalue weighted by atomic mass is 10.2. The molecule has 0 aromatic carbocycles. The molecular formula is C13H26N2O3. The van der Waals surface area contributed by atoms with Gasteiger partial charge in [-0.15, -0.1) is 0 Å². The van der Waals surface area contributed by atoms with Gasteiger partial charge in [-0.1, -0.05) is 0 Å². The molecule has 0 aliphatic carbocycles. The van der Waals surface area contributed by atoms with E-state index >= 15 is 0 Å². The van der Waals surface area contributed by atoms with Gasteiger partial charge in [-0.2, -0.15) is 0 Å². The summed E-state index contributed by atoms with van der Waals surface area (Å²) in [6.07, 6.45) is -0.225. The molecule has 1 atom stereocenters. The third kappa shape index (κ3) is 4.82. The van der Waals surface area contributed by atoms with E-state index in [4.69, 9.17) is 9.47 Å². The molecule has 0 aromatic heterocycles. The number of hydrogen-bond donors (Lipinski definition) is 0. The first-order valence-electron chi connectivity index (χ1n) is 6.59. The molecule has 0 saturated carbocycles. The average Bonchev–Trinajstić information content (AvgIpc) is 2.25. The number of nitrogens with zero attached hydrogens (tertiary/aromatic N) is 2. The molecule has 1 aliphatic heterocycles. The Hall–Kier alpha value is -0.810. The van der Waals surface area contributed by atoms with E-state index in [-0.39, 0.29) is 12.1 Å². The molecule has 5 heteroatoms. The third-order valence-electron chi connectivity index (χ3n) is 2.94. The topological polar surface area (TPSA) is 42.0 Å². The van der Waals surface area contributed by atoms with Crippen LogP contribution < -0.4 is 0 Å². The predicted octanol–water partition coefficient (Wildman–Crippen LogP) is 1.57. The van der Waals surface area contributed by atoms with Crippen molar-refractivity contribution in [3.63, 3.8) is 0 Å². The molecule has 0 unspecified atom stereocenters. The Bertz CT molecular complexity index is 276. The van der Waals surface area contributed by atoms with Crippen LogP contribution in [0.1, 0.15) is 27.7 Å². The van der Waals surface area contributed by atoms with E-state index in [0.29, 0.717) is 26.3 Å². The number of amides is 1. The summed E-state index contributed by atoms with van der Waals surface area (Å²) in [6.45, 7) is 11.3. The van der Waals surface area contributed by atoms with Crippen LogP contribution in [-0.4, -0.2) is 67.4 Å². The Morgan fingerprint density at radius 2 is 2.00 bits per heavy atom. The van der Waals surface area contributed by atoms with Crippen molar-refractivity contribution < 1.29 is 14.3 Å². The highest BCUT2D eigenvalue weighted by Gasteiger charge is 2.30. The van der Waals surface area contributed by atoms with Gasteiger partial charge in [0.1, 0.15) is 5.60 Å². The first-order chi connectivity index (χ1) is 8.33. The molecule has 0 spiro atoms. The van der Waals surface area contributed by atoms with E-state index in [1.54, 1.807) is 4.90 Å². The summed E-state index contributed by atoms with van der Waals surface area (Å²) in [7, 11) is 2.07. The number of carbonyl (C=O) groups is 1. The summed E-state index contributed by atoms with van der Waals surface area (Å²) in [5, 5.41) is 0. The van der Waals surface area contributed by atoms with E-state index < -0.39 is 5.60 Å². The van der Waals surface area contributed by atoms with Crippen LogP contribution in [0.5, 0.6) is 0 Å². The molecule has 106 valence electrons. The summed E-state index contributed by atoms with van der Waals surface area (Å²) in [5.41, 5.74) is -0.435. The molecule has 1 saturated heterocycles. The Morgan fingerprint density at radius 3 is 2.56 bits per heavy atom. The van der Waals surface area contributed by atoms with Crippen LogP contribution in [0.25, 0.3) is 0 Å². The Labute approximate surface area is 110 Å². The molecule has 1 amide bonds. The fourth-order valence-corrected chi connectivity index (χ4v) is 1.87. The maximum atomic E-state index is 12.0. The minimum absolute atomic E-state index is 0.225. The van der Waals surface area contributed by atoms with E-state index in [1.165, 1.54) is 0 Å². The van der Waals surface area contributed by atoms with Gasteiger partial charge < -0.3 is 14.4 Å². The fourth-order valence-electron chi connectivity index (χ4n) is 1.87. The number of rotatable bonds is 3. The van der Waals surface area contributed by atoms with Gasteiger partial charge >= 0.3 is 6.09 Å². The number of hydrogen-bond acceptors (Lipinski definition) is 4. The van der Waals surface area contributed by atoms with Gasteiger partial charge in [-0.25, -0.2) is 4.79 Å². The van der Waals surface area contributed by atoms with Crippen molar-refractivity contribution in [2.45, 2.75) is 39.3 Å². The minimum Gasteiger partial charge on any atom is -0.444 e. The highest BCUT2D eigenvalue weighted by Crippen LogP contribution is 2.14. The molecule has 1 fully saturated rings. The van der Waals surface area contributed by atoms with Gasteiger partial charge in [0.25, 0.3) is 0 Å². The van der Waals surface area contributed by atoms with Crippen molar-refractivity contribution in [1.82, 2.24) is 9.80 Å². The van der Waals surface area contributed by atoms with Gasteiger partial charge in [0.15, 0.2) is 0 Å². The monoisotopic (exact) mass is 258 g/mol. The first kappa shape index (κ1) is 15.2. The van der Waals surface area contributed by atoms with Crippen molar-refractivity contribution >= 4 is 6.09 Å². The van der Waals surface area contributed by atoms with Crippen molar-refractivity contribution in [2.24, 2.45) is 0 Å². The molecule has 0 aromatic rings. The fraction of sp³-hybridized carbons (Fsp3) is 0.923. The normalized spacial score (nSPS) is 22.1. The molecule has 1 heterocycles. The second-order valence-corrected chi connectivity index (χ2v) is 5.72. The molecule has 0 bridgehead atoms. The summed E-state index contributed by atoms with van der Waals surface area (Å²) in [4.78, 5) is 16.0. The number of likely N-dealkylation sites (N-methyl/N-ethyl adjacent to an activating group) is 1. The zero-order chi connectivity index (χ0) is 13.8. The second kappa shape index (κ2) is 6.38. The van der Waals surface area contributed by atoms with Crippen LogP contribution in [0.2, 0.25) is 0 Å². The van der Waals surface area contributed by atoms with Gasteiger partial charge in [0, 0.05) is 26.2 Å². The Balaban J connectivity index is 2.50. The second-order valence-electron chi connectivity index (χ2n) is 5.72. The third-order valence-corrected chi connectivity index (χ3v) is 2.94. The lowest BCUT2D eigenvalue weighted by Crippen LogP contribution is -2.55. The van der Waals surface area contributed by atoms with Crippen LogP contribution in [-0.2, 0) is 9.47 Å². The van der Waals surface area contributed by atoms with E-state index in [2.05, 4.69) is 11.9 Å². The molecule has 0 N–H and O–H groups in total. The van der Waals surface area contributed by atoms with E-state index in [9.17, 15) is 4.79 Å². The maximum absolute atomic E-state index is 12.0. The predicted molar refractivity (Wildman–Crippen MR) is 70.7 cm³/mol. The smallest absolute Gasteiger partial charge is 0.410 e. The van der Waals surface area contributed by atoms with Crippen molar-refractivity contribution in [2.75, 3.05) is 39.9 Å². The van der Waals surface area contributed by atoms with Crippen LogP contribution in [0, 0.1) is 0 Å². The van der Waals surface area contributed by atoms with Crippen LogP contribution in [0.15, 0.2) is 0 Å². The minimum atomic E-state index is -0.435. The number of piperazine rings is 1. The zero-order valence-electron chi connectivity index (χ0n) is 12.2. The lowest BCUT2D eigenvalue weighted by Gasteiger charge is -2.39. The molecule has 1 rings (SSSR count). The van der Waals surface area contributed by atoms with E-state index in [0.717, 1.165) is 6.54 Å². The number of ether oxygens (including phenoxy) is 2. The summed E-state index contributed by atoms with van der Waals surface area (Å²) < 4.78 is 10.8. The van der Waals surface area contributed by atoms with Gasteiger partial charge in [-0.05, 0) is 34.7 Å². The van der Waals surface area contributed by atoms with Crippen molar-refractivity contribution in [3.8, 4) is 0 Å². The van der Waals surface area contributed by atoms with E-state index in [1.807, 2.05) is 27.7 Å². The molecular weight excluding hydrogens is 232 g/mol. The lowest BCUT2D eigenvalue weighted by molar-refractivity contribution is -0.00676. The Kier molecular flexibility index (Phi) is 5.41. The quantitative estimate of drug-likeness (QED) is 0.770. The van der Waals surface area contributed by atoms with Crippen LogP contribution >= 0.6 is 0 Å². The molecule has 1 aliphatic rings. The van der Waals surface area contributed by atoms with Crippen molar-refractivity contribution in [1.29, 1.82) is 0 Å². The Morgan fingerprint density at radius 1 is 1.33 bits per heavy atom. The summed E-state index contributed by atoms with van der Waals surface area (Å²) in [6, 6.07) is 0.256. The van der Waals surface area contributed by atoms with Gasteiger partial charge in [-0.3, -0.25) is 4.90 Å². The van der Waals surface area contributed by atoms with Crippen LogP contribution in [0.3, 0.4) is 0 Å². The highest BCUT2D eigenvalue weighted by atomic mass is 16.6. The maximum Gasteiger partial charge on any atom is 0.410 e. The van der Waals surface area contributed by atoms with Crippen molar-refractivity contribution in [3.05, 3.63) is 0 Å². The van der Waals surface area contributed by atoms with Crippen LogP contribution in [0.4, 0.5) is 4.79 Å². The summed E-state index contributed by atoms with van der Waals surface area (Å²) in [5.74, 6) is 0. The number of carbonyl (C=O) groups excluding carboxylic acids is 1. The molecule has 5 nitrogen and oxygen atoms in total. The average molecular weight is 258 g/mol. The zero-order valence-corrected chi connectivity index (χ0v) is 12.2. The molecule has 0 radical (unpaired) electrons. The molecule has 18 heavy (non-hydrogen) atoms. The highest BCUT2D eigenvalue weighted by molar-refractivity contribution is 5.68. The SMILES string of the molecule is CCOC[C@H]1CN(C(=O)OC(C)(C)C)CCN1C.